The molecule has 1 aromatic carbocycles. The first kappa shape index (κ1) is 12.5. The van der Waals surface area contributed by atoms with Gasteiger partial charge in [-0.15, -0.1) is 0 Å². The Bertz CT molecular complexity index is 756. The third-order valence-corrected chi connectivity index (χ3v) is 3.94. The van der Waals surface area contributed by atoms with Gasteiger partial charge in [0.15, 0.2) is 5.82 Å². The van der Waals surface area contributed by atoms with E-state index in [1.807, 2.05) is 30.3 Å². The van der Waals surface area contributed by atoms with Gasteiger partial charge < -0.3 is 9.84 Å². The molecule has 0 saturated carbocycles. The summed E-state index contributed by atoms with van der Waals surface area (Å²) < 4.78 is 5.48. The van der Waals surface area contributed by atoms with Gasteiger partial charge in [0, 0.05) is 17.1 Å². The summed E-state index contributed by atoms with van der Waals surface area (Å²) >= 11 is 0. The molecule has 0 amide bonds. The van der Waals surface area contributed by atoms with Crippen molar-refractivity contribution in [1.29, 1.82) is 0 Å². The fourth-order valence-corrected chi connectivity index (χ4v) is 2.85. The molecule has 5 heteroatoms. The maximum absolute atomic E-state index is 5.48. The average molecular weight is 280 g/mol. The Morgan fingerprint density at radius 1 is 1.14 bits per heavy atom. The van der Waals surface area contributed by atoms with Crippen LogP contribution >= 0.6 is 0 Å². The highest BCUT2D eigenvalue weighted by molar-refractivity contribution is 5.92. The van der Waals surface area contributed by atoms with E-state index >= 15 is 0 Å². The quantitative estimate of drug-likeness (QED) is 0.781. The minimum atomic E-state index is 0.212. The van der Waals surface area contributed by atoms with Crippen molar-refractivity contribution in [2.45, 2.75) is 25.3 Å². The van der Waals surface area contributed by atoms with Gasteiger partial charge in [-0.25, -0.2) is 0 Å². The number of aromatic nitrogens is 3. The average Bonchev–Trinajstić information content (AvgIpc) is 3.05. The number of fused-ring (bicyclic) bond motifs is 1. The number of rotatable bonds is 2. The smallest absolute Gasteiger partial charge is 0.258 e. The third kappa shape index (κ3) is 2.29. The van der Waals surface area contributed by atoms with E-state index in [1.54, 1.807) is 6.20 Å². The SMILES string of the molecule is c1cc(-c2nc(C3CCCCN3)no2)c2cccnc2c1. The van der Waals surface area contributed by atoms with Crippen molar-refractivity contribution in [3.8, 4) is 11.5 Å². The van der Waals surface area contributed by atoms with Crippen LogP contribution in [0.3, 0.4) is 0 Å². The molecule has 1 aliphatic rings. The predicted octanol–water partition coefficient (Wildman–Crippen LogP) is 3.10. The van der Waals surface area contributed by atoms with Gasteiger partial charge in [0.1, 0.15) is 0 Å². The topological polar surface area (TPSA) is 63.8 Å². The Hall–Kier alpha value is -2.27. The van der Waals surface area contributed by atoms with Crippen LogP contribution in [0.2, 0.25) is 0 Å². The zero-order valence-electron chi connectivity index (χ0n) is 11.6. The van der Waals surface area contributed by atoms with Crippen LogP contribution in [0.25, 0.3) is 22.4 Å². The molecule has 3 aromatic rings. The lowest BCUT2D eigenvalue weighted by Crippen LogP contribution is -2.27. The summed E-state index contributed by atoms with van der Waals surface area (Å²) in [5.41, 5.74) is 1.88. The summed E-state index contributed by atoms with van der Waals surface area (Å²) in [7, 11) is 0. The van der Waals surface area contributed by atoms with Crippen LogP contribution in [-0.4, -0.2) is 21.7 Å². The summed E-state index contributed by atoms with van der Waals surface area (Å²) in [4.78, 5) is 8.95. The fraction of sp³-hybridized carbons (Fsp3) is 0.312. The van der Waals surface area contributed by atoms with Gasteiger partial charge in [-0.1, -0.05) is 23.7 Å². The molecule has 5 nitrogen and oxygen atoms in total. The normalized spacial score (nSPS) is 19.0. The number of hydrogen-bond donors (Lipinski definition) is 1. The van der Waals surface area contributed by atoms with Crippen molar-refractivity contribution < 1.29 is 4.52 Å². The molecule has 1 saturated heterocycles. The molecule has 0 aliphatic carbocycles. The van der Waals surface area contributed by atoms with Gasteiger partial charge in [-0.05, 0) is 37.6 Å². The first-order valence-electron chi connectivity index (χ1n) is 7.33. The van der Waals surface area contributed by atoms with E-state index in [9.17, 15) is 0 Å². The van der Waals surface area contributed by atoms with E-state index in [2.05, 4.69) is 20.4 Å². The van der Waals surface area contributed by atoms with E-state index < -0.39 is 0 Å². The molecular formula is C16H16N4O. The van der Waals surface area contributed by atoms with Gasteiger partial charge in [-0.3, -0.25) is 4.98 Å². The van der Waals surface area contributed by atoms with E-state index in [1.165, 1.54) is 12.8 Å². The summed E-state index contributed by atoms with van der Waals surface area (Å²) in [6.45, 7) is 1.02. The Morgan fingerprint density at radius 3 is 3.05 bits per heavy atom. The van der Waals surface area contributed by atoms with E-state index in [4.69, 9.17) is 4.52 Å². The Labute approximate surface area is 122 Å². The van der Waals surface area contributed by atoms with Crippen molar-refractivity contribution in [3.63, 3.8) is 0 Å². The molecule has 0 spiro atoms. The van der Waals surface area contributed by atoms with Crippen LogP contribution in [0.15, 0.2) is 41.1 Å². The van der Waals surface area contributed by atoms with Gasteiger partial charge in [-0.2, -0.15) is 4.98 Å². The van der Waals surface area contributed by atoms with Crippen molar-refractivity contribution in [3.05, 3.63) is 42.4 Å². The van der Waals surface area contributed by atoms with Crippen LogP contribution in [0.4, 0.5) is 0 Å². The lowest BCUT2D eigenvalue weighted by atomic mass is 10.0. The lowest BCUT2D eigenvalue weighted by Gasteiger charge is -2.19. The van der Waals surface area contributed by atoms with Crippen molar-refractivity contribution >= 4 is 10.9 Å². The summed E-state index contributed by atoms with van der Waals surface area (Å²) in [6.07, 6.45) is 5.28. The molecular weight excluding hydrogens is 264 g/mol. The Balaban J connectivity index is 1.74. The molecule has 4 rings (SSSR count). The standard InChI is InChI=1S/C16H16N4O/c1-2-9-18-14(7-1)15-19-16(21-20-15)12-5-3-8-13-11(12)6-4-10-17-13/h3-6,8,10,14,18H,1-2,7,9H2. The summed E-state index contributed by atoms with van der Waals surface area (Å²) in [5, 5.41) is 8.63. The predicted molar refractivity (Wildman–Crippen MR) is 79.6 cm³/mol. The summed E-state index contributed by atoms with van der Waals surface area (Å²) in [6, 6.07) is 10.1. The van der Waals surface area contributed by atoms with Crippen molar-refractivity contribution in [1.82, 2.24) is 20.4 Å². The molecule has 1 N–H and O–H groups in total. The molecule has 3 heterocycles. The zero-order chi connectivity index (χ0) is 14.1. The van der Waals surface area contributed by atoms with Crippen LogP contribution in [0.1, 0.15) is 31.1 Å². The number of hydrogen-bond acceptors (Lipinski definition) is 5. The molecule has 0 bridgehead atoms. The number of pyridine rings is 1. The first-order chi connectivity index (χ1) is 10.4. The van der Waals surface area contributed by atoms with Gasteiger partial charge >= 0.3 is 0 Å². The van der Waals surface area contributed by atoms with Crippen molar-refractivity contribution in [2.24, 2.45) is 0 Å². The zero-order valence-corrected chi connectivity index (χ0v) is 11.6. The molecule has 21 heavy (non-hydrogen) atoms. The van der Waals surface area contributed by atoms with Gasteiger partial charge in [0.05, 0.1) is 11.6 Å². The van der Waals surface area contributed by atoms with Gasteiger partial charge in [0.25, 0.3) is 5.89 Å². The van der Waals surface area contributed by atoms with Crippen molar-refractivity contribution in [2.75, 3.05) is 6.54 Å². The van der Waals surface area contributed by atoms with E-state index in [-0.39, 0.29) is 6.04 Å². The molecule has 1 aliphatic heterocycles. The van der Waals surface area contributed by atoms with Gasteiger partial charge in [0.2, 0.25) is 0 Å². The van der Waals surface area contributed by atoms with Crippen LogP contribution in [-0.2, 0) is 0 Å². The minimum absolute atomic E-state index is 0.212. The molecule has 1 fully saturated rings. The largest absolute Gasteiger partial charge is 0.334 e. The highest BCUT2D eigenvalue weighted by Crippen LogP contribution is 2.28. The van der Waals surface area contributed by atoms with E-state index in [0.717, 1.165) is 35.3 Å². The van der Waals surface area contributed by atoms with Crippen LogP contribution < -0.4 is 5.32 Å². The Kier molecular flexibility index (Phi) is 3.12. The fourth-order valence-electron chi connectivity index (χ4n) is 2.85. The van der Waals surface area contributed by atoms with E-state index in [0.29, 0.717) is 5.89 Å². The highest BCUT2D eigenvalue weighted by atomic mass is 16.5. The highest BCUT2D eigenvalue weighted by Gasteiger charge is 2.21. The number of piperidine rings is 1. The maximum Gasteiger partial charge on any atom is 0.258 e. The first-order valence-corrected chi connectivity index (χ1v) is 7.33. The molecule has 106 valence electrons. The monoisotopic (exact) mass is 280 g/mol. The lowest BCUT2D eigenvalue weighted by molar-refractivity contribution is 0.367. The second-order valence-corrected chi connectivity index (χ2v) is 5.34. The van der Waals surface area contributed by atoms with Crippen LogP contribution in [0.5, 0.6) is 0 Å². The number of benzene rings is 1. The molecule has 2 aromatic heterocycles. The minimum Gasteiger partial charge on any atom is -0.334 e. The Morgan fingerprint density at radius 2 is 2.14 bits per heavy atom. The third-order valence-electron chi connectivity index (χ3n) is 3.94. The second-order valence-electron chi connectivity index (χ2n) is 5.34. The maximum atomic E-state index is 5.48. The molecule has 1 unspecified atom stereocenters. The summed E-state index contributed by atoms with van der Waals surface area (Å²) in [5.74, 6) is 1.32. The number of nitrogens with zero attached hydrogens (tertiary/aromatic N) is 3. The van der Waals surface area contributed by atoms with Crippen LogP contribution in [0, 0.1) is 0 Å². The number of nitrogens with one attached hydrogen (secondary N) is 1. The molecule has 1 atom stereocenters. The second kappa shape index (κ2) is 5.26. The molecule has 0 radical (unpaired) electrons.